The monoisotopic (exact) mass is 193 g/mol. The third kappa shape index (κ3) is 4.40. The van der Waals surface area contributed by atoms with Crippen molar-refractivity contribution in [3.8, 4) is 0 Å². The highest BCUT2D eigenvalue weighted by molar-refractivity contribution is 5.22. The average Bonchev–Trinajstić information content (AvgIpc) is 2.12. The molecule has 0 amide bonds. The van der Waals surface area contributed by atoms with Gasteiger partial charge in [-0.25, -0.2) is 0 Å². The lowest BCUT2D eigenvalue weighted by atomic mass is 10.1. The molecule has 0 aliphatic heterocycles. The zero-order valence-electron chi connectivity index (χ0n) is 8.96. The van der Waals surface area contributed by atoms with Crippen molar-refractivity contribution in [1.29, 1.82) is 0 Å². The Labute approximate surface area is 86.0 Å². The number of aliphatic hydroxyl groups is 1. The number of rotatable bonds is 5. The molecule has 0 saturated heterocycles. The molecule has 0 fully saturated rings. The van der Waals surface area contributed by atoms with Crippen molar-refractivity contribution >= 4 is 0 Å². The summed E-state index contributed by atoms with van der Waals surface area (Å²) in [5, 5.41) is 12.2. The number of hydrogen-bond acceptors (Lipinski definition) is 2. The van der Waals surface area contributed by atoms with Crippen LogP contribution in [0.25, 0.3) is 0 Å². The van der Waals surface area contributed by atoms with Crippen LogP contribution < -0.4 is 5.32 Å². The minimum absolute atomic E-state index is 0.257. The quantitative estimate of drug-likeness (QED) is 0.695. The van der Waals surface area contributed by atoms with Crippen molar-refractivity contribution in [2.24, 2.45) is 0 Å². The second-order valence-corrected chi connectivity index (χ2v) is 3.79. The molecule has 0 heterocycles. The molecule has 14 heavy (non-hydrogen) atoms. The molecule has 0 aromatic heterocycles. The van der Waals surface area contributed by atoms with E-state index in [1.54, 1.807) is 6.92 Å². The van der Waals surface area contributed by atoms with Crippen LogP contribution in [0.5, 0.6) is 0 Å². The van der Waals surface area contributed by atoms with Crippen molar-refractivity contribution in [3.05, 3.63) is 35.4 Å². The molecule has 0 aliphatic carbocycles. The first kappa shape index (κ1) is 11.2. The molecule has 1 aromatic carbocycles. The number of nitrogens with one attached hydrogen (secondary N) is 1. The molecule has 2 heteroatoms. The minimum Gasteiger partial charge on any atom is -0.392 e. The van der Waals surface area contributed by atoms with Gasteiger partial charge in [-0.1, -0.05) is 29.8 Å². The van der Waals surface area contributed by atoms with Crippen molar-refractivity contribution in [3.63, 3.8) is 0 Å². The average molecular weight is 193 g/mol. The first-order valence-electron chi connectivity index (χ1n) is 5.13. The molecule has 0 aliphatic rings. The molecule has 0 saturated carbocycles. The molecule has 0 spiro atoms. The summed E-state index contributed by atoms with van der Waals surface area (Å²) >= 11 is 0. The van der Waals surface area contributed by atoms with Gasteiger partial charge in [-0.05, 0) is 32.4 Å². The molecule has 0 radical (unpaired) electrons. The SMILES string of the molecule is Cc1cccc(CCNC[C@@H](C)O)c1. The van der Waals surface area contributed by atoms with Crippen LogP contribution in [0.3, 0.4) is 0 Å². The Hall–Kier alpha value is -0.860. The Morgan fingerprint density at radius 3 is 2.86 bits per heavy atom. The van der Waals surface area contributed by atoms with Crippen molar-refractivity contribution in [2.75, 3.05) is 13.1 Å². The van der Waals surface area contributed by atoms with E-state index in [0.717, 1.165) is 13.0 Å². The van der Waals surface area contributed by atoms with Crippen LogP contribution in [0.4, 0.5) is 0 Å². The van der Waals surface area contributed by atoms with Crippen LogP contribution in [0.2, 0.25) is 0 Å². The summed E-state index contributed by atoms with van der Waals surface area (Å²) in [4.78, 5) is 0. The standard InChI is InChI=1S/C12H19NO/c1-10-4-3-5-12(8-10)6-7-13-9-11(2)14/h3-5,8,11,13-14H,6-7,9H2,1-2H3/t11-/m1/s1. The maximum Gasteiger partial charge on any atom is 0.0636 e. The van der Waals surface area contributed by atoms with E-state index in [9.17, 15) is 0 Å². The topological polar surface area (TPSA) is 32.3 Å². The maximum atomic E-state index is 9.03. The lowest BCUT2D eigenvalue weighted by Crippen LogP contribution is -2.26. The minimum atomic E-state index is -0.257. The van der Waals surface area contributed by atoms with Crippen LogP contribution >= 0.6 is 0 Å². The number of benzene rings is 1. The second kappa shape index (κ2) is 5.78. The number of aryl methyl sites for hydroxylation is 1. The highest BCUT2D eigenvalue weighted by Gasteiger charge is 1.95. The van der Waals surface area contributed by atoms with Gasteiger partial charge in [-0.15, -0.1) is 0 Å². The van der Waals surface area contributed by atoms with E-state index in [1.807, 2.05) is 0 Å². The summed E-state index contributed by atoms with van der Waals surface area (Å²) < 4.78 is 0. The van der Waals surface area contributed by atoms with Gasteiger partial charge < -0.3 is 10.4 Å². The summed E-state index contributed by atoms with van der Waals surface area (Å²) in [7, 11) is 0. The molecule has 1 aromatic rings. The van der Waals surface area contributed by atoms with Gasteiger partial charge in [0.15, 0.2) is 0 Å². The second-order valence-electron chi connectivity index (χ2n) is 3.79. The Balaban J connectivity index is 2.25. The summed E-state index contributed by atoms with van der Waals surface area (Å²) in [6.07, 6.45) is 0.765. The first-order valence-corrected chi connectivity index (χ1v) is 5.13. The normalized spacial score (nSPS) is 12.8. The molecule has 0 unspecified atom stereocenters. The predicted octanol–water partition coefficient (Wildman–Crippen LogP) is 1.51. The fraction of sp³-hybridized carbons (Fsp3) is 0.500. The zero-order chi connectivity index (χ0) is 10.4. The van der Waals surface area contributed by atoms with Crippen LogP contribution in [0.15, 0.2) is 24.3 Å². The Bertz CT molecular complexity index is 271. The number of hydrogen-bond donors (Lipinski definition) is 2. The maximum absolute atomic E-state index is 9.03. The van der Waals surface area contributed by atoms with E-state index in [0.29, 0.717) is 6.54 Å². The first-order chi connectivity index (χ1) is 6.68. The number of aliphatic hydroxyl groups excluding tert-OH is 1. The highest BCUT2D eigenvalue weighted by Crippen LogP contribution is 2.03. The van der Waals surface area contributed by atoms with Gasteiger partial charge in [0.25, 0.3) is 0 Å². The largest absolute Gasteiger partial charge is 0.392 e. The fourth-order valence-electron chi connectivity index (χ4n) is 1.41. The zero-order valence-corrected chi connectivity index (χ0v) is 8.96. The lowest BCUT2D eigenvalue weighted by Gasteiger charge is -2.07. The van der Waals surface area contributed by atoms with E-state index in [1.165, 1.54) is 11.1 Å². The van der Waals surface area contributed by atoms with Crippen LogP contribution in [0.1, 0.15) is 18.1 Å². The van der Waals surface area contributed by atoms with Crippen LogP contribution in [-0.4, -0.2) is 24.3 Å². The fourth-order valence-corrected chi connectivity index (χ4v) is 1.41. The molecular weight excluding hydrogens is 174 g/mol. The molecule has 2 nitrogen and oxygen atoms in total. The van der Waals surface area contributed by atoms with E-state index >= 15 is 0 Å². The van der Waals surface area contributed by atoms with Gasteiger partial charge in [0.2, 0.25) is 0 Å². The lowest BCUT2D eigenvalue weighted by molar-refractivity contribution is 0.191. The van der Waals surface area contributed by atoms with E-state index in [2.05, 4.69) is 36.5 Å². The van der Waals surface area contributed by atoms with Gasteiger partial charge in [0, 0.05) is 6.54 Å². The molecule has 78 valence electrons. The van der Waals surface area contributed by atoms with Crippen molar-refractivity contribution < 1.29 is 5.11 Å². The summed E-state index contributed by atoms with van der Waals surface area (Å²) in [6, 6.07) is 8.52. The molecule has 2 N–H and O–H groups in total. The van der Waals surface area contributed by atoms with Gasteiger partial charge in [0.1, 0.15) is 0 Å². The van der Waals surface area contributed by atoms with Gasteiger partial charge in [-0.2, -0.15) is 0 Å². The van der Waals surface area contributed by atoms with E-state index in [-0.39, 0.29) is 6.10 Å². The van der Waals surface area contributed by atoms with E-state index in [4.69, 9.17) is 5.11 Å². The third-order valence-corrected chi connectivity index (χ3v) is 2.11. The summed E-state index contributed by atoms with van der Waals surface area (Å²) in [5.41, 5.74) is 2.65. The van der Waals surface area contributed by atoms with Gasteiger partial charge >= 0.3 is 0 Å². The Morgan fingerprint density at radius 1 is 1.43 bits per heavy atom. The molecule has 1 atom stereocenters. The highest BCUT2D eigenvalue weighted by atomic mass is 16.3. The Morgan fingerprint density at radius 2 is 2.21 bits per heavy atom. The smallest absolute Gasteiger partial charge is 0.0636 e. The van der Waals surface area contributed by atoms with Gasteiger partial charge in [-0.3, -0.25) is 0 Å². The predicted molar refractivity (Wildman–Crippen MR) is 59.4 cm³/mol. The van der Waals surface area contributed by atoms with Crippen molar-refractivity contribution in [1.82, 2.24) is 5.32 Å². The Kier molecular flexibility index (Phi) is 4.63. The van der Waals surface area contributed by atoms with Gasteiger partial charge in [0.05, 0.1) is 6.10 Å². The van der Waals surface area contributed by atoms with Crippen LogP contribution in [-0.2, 0) is 6.42 Å². The van der Waals surface area contributed by atoms with E-state index < -0.39 is 0 Å². The molecule has 1 rings (SSSR count). The van der Waals surface area contributed by atoms with Crippen LogP contribution in [0, 0.1) is 6.92 Å². The third-order valence-electron chi connectivity index (χ3n) is 2.11. The van der Waals surface area contributed by atoms with Crippen molar-refractivity contribution in [2.45, 2.75) is 26.4 Å². The molecule has 0 bridgehead atoms. The summed E-state index contributed by atoms with van der Waals surface area (Å²) in [5.74, 6) is 0. The molecular formula is C12H19NO. The summed E-state index contributed by atoms with van der Waals surface area (Å²) in [6.45, 7) is 5.49.